The molecule has 0 atom stereocenters. The molecule has 1 aromatic carbocycles. The zero-order chi connectivity index (χ0) is 29.2. The average molecular weight is 612 g/mol. The van der Waals surface area contributed by atoms with Gasteiger partial charge in [0.15, 0.2) is 26.3 Å². The van der Waals surface area contributed by atoms with E-state index < -0.39 is 62.1 Å². The zero-order valence-corrected chi connectivity index (χ0v) is 22.3. The number of hydrogen-bond acceptors (Lipinski definition) is 8. The monoisotopic (exact) mass is 611 g/mol. The lowest BCUT2D eigenvalue weighted by Gasteiger charge is -2.13. The third kappa shape index (κ3) is 7.38. The van der Waals surface area contributed by atoms with Crippen molar-refractivity contribution in [3.8, 4) is 11.6 Å². The molecule has 1 N–H and O–H groups in total. The standard InChI is InChI=1S/C12H14F5N3O4S.C8H6Cl2O3/c1-11(2)4-7(19-24-11)25(21,22)5-6-8(12(15,16)17)18-20(3)9(6)23-10(13)14;1-13-7-5(10)3-2-4(9)6(7)8(11)12/h10H,4-5H2,1-3H3;2-3H,1H3,(H,11,12). The number of hydrogen-bond donors (Lipinski definition) is 1. The molecule has 0 spiro atoms. The SMILES string of the molecule is COc1c(Cl)ccc(Cl)c1C(=O)O.Cn1nc(C(F)(F)F)c(CS(=O)(=O)C2=NOC(C)(C)C2)c1OC(F)F. The van der Waals surface area contributed by atoms with Crippen LogP contribution in [0.15, 0.2) is 17.3 Å². The quantitative estimate of drug-likeness (QED) is 0.443. The molecule has 1 aliphatic rings. The molecule has 0 amide bonds. The summed E-state index contributed by atoms with van der Waals surface area (Å²) in [7, 11) is -2.09. The number of methoxy groups -OCH3 is 1. The molecule has 2 heterocycles. The summed E-state index contributed by atoms with van der Waals surface area (Å²) in [5.41, 5.74) is -3.68. The second-order valence-corrected chi connectivity index (χ2v) is 11.0. The van der Waals surface area contributed by atoms with Gasteiger partial charge >= 0.3 is 18.8 Å². The molecule has 0 bridgehead atoms. The van der Waals surface area contributed by atoms with E-state index in [0.29, 0.717) is 4.68 Å². The van der Waals surface area contributed by atoms with E-state index in [-0.39, 0.29) is 27.8 Å². The number of carbonyl (C=O) groups is 1. The van der Waals surface area contributed by atoms with Gasteiger partial charge in [-0.15, -0.1) is 0 Å². The summed E-state index contributed by atoms with van der Waals surface area (Å²) in [5, 5.41) is 15.1. The summed E-state index contributed by atoms with van der Waals surface area (Å²) in [6.45, 7) is -0.380. The molecule has 10 nitrogen and oxygen atoms in total. The molecule has 2 aromatic rings. The summed E-state index contributed by atoms with van der Waals surface area (Å²) in [6, 6.07) is 2.89. The molecule has 0 aliphatic carbocycles. The van der Waals surface area contributed by atoms with Crippen LogP contribution in [0.25, 0.3) is 0 Å². The number of alkyl halides is 5. The van der Waals surface area contributed by atoms with Crippen LogP contribution < -0.4 is 9.47 Å². The number of oxime groups is 1. The number of aryl methyl sites for hydroxylation is 1. The fourth-order valence-corrected chi connectivity index (χ4v) is 5.11. The minimum Gasteiger partial charge on any atom is -0.494 e. The second kappa shape index (κ2) is 11.5. The molecule has 18 heteroatoms. The van der Waals surface area contributed by atoms with Crippen molar-refractivity contribution < 1.29 is 54.6 Å². The average Bonchev–Trinajstić information content (AvgIpc) is 3.29. The Bertz CT molecular complexity index is 1350. The number of nitrogens with zero attached hydrogens (tertiary/aromatic N) is 3. The number of halogens is 7. The van der Waals surface area contributed by atoms with Crippen molar-refractivity contribution in [1.29, 1.82) is 0 Å². The van der Waals surface area contributed by atoms with Crippen molar-refractivity contribution in [2.24, 2.45) is 12.2 Å². The van der Waals surface area contributed by atoms with E-state index in [1.54, 1.807) is 0 Å². The highest BCUT2D eigenvalue weighted by Crippen LogP contribution is 2.38. The first-order chi connectivity index (χ1) is 17.3. The van der Waals surface area contributed by atoms with Gasteiger partial charge in [-0.25, -0.2) is 17.9 Å². The van der Waals surface area contributed by atoms with Crippen molar-refractivity contribution in [3.05, 3.63) is 39.0 Å². The fraction of sp³-hybridized carbons (Fsp3) is 0.450. The summed E-state index contributed by atoms with van der Waals surface area (Å²) < 4.78 is 98.2. The number of carboxylic acid groups (broad SMARTS) is 1. The Morgan fingerprint density at radius 2 is 1.84 bits per heavy atom. The minimum absolute atomic E-state index is 0.0849. The Morgan fingerprint density at radius 1 is 1.26 bits per heavy atom. The van der Waals surface area contributed by atoms with Crippen molar-refractivity contribution in [3.63, 3.8) is 0 Å². The lowest BCUT2D eigenvalue weighted by Crippen LogP contribution is -2.24. The first kappa shape index (κ1) is 31.4. The number of ether oxygens (including phenoxy) is 2. The second-order valence-electron chi connectivity index (χ2n) is 8.15. The molecule has 0 saturated heterocycles. The Balaban J connectivity index is 0.000000328. The Morgan fingerprint density at radius 3 is 2.26 bits per heavy atom. The molecule has 0 unspecified atom stereocenters. The Kier molecular flexibility index (Phi) is 9.48. The summed E-state index contributed by atoms with van der Waals surface area (Å²) in [6.07, 6.45) is -5.22. The van der Waals surface area contributed by atoms with Gasteiger partial charge in [0.25, 0.3) is 0 Å². The molecule has 1 aliphatic heterocycles. The van der Waals surface area contributed by atoms with Crippen LogP contribution in [0.1, 0.15) is 41.9 Å². The molecular weight excluding hydrogens is 592 g/mol. The van der Waals surface area contributed by atoms with E-state index in [2.05, 4.69) is 15.0 Å². The first-order valence-corrected chi connectivity index (χ1v) is 12.5. The van der Waals surface area contributed by atoms with Crippen molar-refractivity contribution in [2.45, 2.75) is 44.4 Å². The third-order valence-corrected chi connectivity index (χ3v) is 6.92. The fourth-order valence-electron chi connectivity index (χ4n) is 3.12. The number of aromatic nitrogens is 2. The predicted octanol–water partition coefficient (Wildman–Crippen LogP) is 5.17. The summed E-state index contributed by atoms with van der Waals surface area (Å²) in [5.74, 6) is -3.31. The lowest BCUT2D eigenvalue weighted by atomic mass is 10.1. The number of rotatable bonds is 6. The number of aromatic carboxylic acids is 1. The highest BCUT2D eigenvalue weighted by atomic mass is 35.5. The van der Waals surface area contributed by atoms with Crippen LogP contribution >= 0.6 is 23.2 Å². The molecule has 1 aromatic heterocycles. The molecule has 0 saturated carbocycles. The maximum absolute atomic E-state index is 13.1. The Hall–Kier alpha value is -2.85. The van der Waals surface area contributed by atoms with Crippen LogP contribution in [0, 0.1) is 0 Å². The largest absolute Gasteiger partial charge is 0.494 e. The van der Waals surface area contributed by atoms with Crippen molar-refractivity contribution in [1.82, 2.24) is 9.78 Å². The highest BCUT2D eigenvalue weighted by molar-refractivity contribution is 8.05. The van der Waals surface area contributed by atoms with E-state index in [9.17, 15) is 35.2 Å². The van der Waals surface area contributed by atoms with Gasteiger partial charge in [-0.1, -0.05) is 28.4 Å². The third-order valence-electron chi connectivity index (χ3n) is 4.70. The number of sulfone groups is 1. The van der Waals surface area contributed by atoms with E-state index in [1.807, 2.05) is 0 Å². The first-order valence-electron chi connectivity index (χ1n) is 10.1. The zero-order valence-electron chi connectivity index (χ0n) is 19.9. The van der Waals surface area contributed by atoms with E-state index in [1.165, 1.54) is 33.1 Å². The van der Waals surface area contributed by atoms with Crippen LogP contribution in [0.2, 0.25) is 10.0 Å². The molecule has 38 heavy (non-hydrogen) atoms. The minimum atomic E-state index is -5.06. The van der Waals surface area contributed by atoms with Gasteiger partial charge in [-0.3, -0.25) is 0 Å². The Labute approximate surface area is 222 Å². The van der Waals surface area contributed by atoms with Crippen LogP contribution in [0.4, 0.5) is 22.0 Å². The van der Waals surface area contributed by atoms with Crippen LogP contribution in [0.5, 0.6) is 11.6 Å². The van der Waals surface area contributed by atoms with Crippen LogP contribution in [-0.2, 0) is 33.7 Å². The van der Waals surface area contributed by atoms with Crippen molar-refractivity contribution >= 4 is 44.1 Å². The molecule has 3 rings (SSSR count). The molecular formula is C20H20Cl2F5N3O7S. The maximum Gasteiger partial charge on any atom is 0.435 e. The van der Waals surface area contributed by atoms with Gasteiger partial charge < -0.3 is 19.4 Å². The molecule has 212 valence electrons. The normalized spacial score (nSPS) is 14.9. The van der Waals surface area contributed by atoms with E-state index in [0.717, 1.165) is 7.05 Å². The smallest absolute Gasteiger partial charge is 0.435 e. The number of benzene rings is 1. The topological polar surface area (TPSA) is 129 Å². The predicted molar refractivity (Wildman–Crippen MR) is 125 cm³/mol. The summed E-state index contributed by atoms with van der Waals surface area (Å²) in [4.78, 5) is 15.6. The van der Waals surface area contributed by atoms with Gasteiger partial charge in [-0.2, -0.15) is 27.1 Å². The van der Waals surface area contributed by atoms with Gasteiger partial charge in [0, 0.05) is 13.5 Å². The van der Waals surface area contributed by atoms with Crippen LogP contribution in [0.3, 0.4) is 0 Å². The lowest BCUT2D eigenvalue weighted by molar-refractivity contribution is -0.142. The highest BCUT2D eigenvalue weighted by Gasteiger charge is 2.43. The van der Waals surface area contributed by atoms with E-state index in [4.69, 9.17) is 37.9 Å². The maximum atomic E-state index is 13.1. The molecule has 0 radical (unpaired) electrons. The molecule has 0 fully saturated rings. The van der Waals surface area contributed by atoms with Gasteiger partial charge in [0.05, 0.1) is 28.5 Å². The van der Waals surface area contributed by atoms with Gasteiger partial charge in [-0.05, 0) is 26.0 Å². The van der Waals surface area contributed by atoms with Gasteiger partial charge in [0.2, 0.25) is 5.88 Å². The van der Waals surface area contributed by atoms with Crippen LogP contribution in [-0.4, -0.2) is 53.6 Å². The number of carboxylic acids is 1. The summed E-state index contributed by atoms with van der Waals surface area (Å²) >= 11 is 11.4. The van der Waals surface area contributed by atoms with Gasteiger partial charge in [0.1, 0.15) is 11.2 Å². The van der Waals surface area contributed by atoms with E-state index >= 15 is 0 Å². The van der Waals surface area contributed by atoms with Crippen molar-refractivity contribution in [2.75, 3.05) is 7.11 Å².